The first-order valence-electron chi connectivity index (χ1n) is 7.07. The van der Waals surface area contributed by atoms with Crippen molar-refractivity contribution in [2.75, 3.05) is 0 Å². The van der Waals surface area contributed by atoms with Gasteiger partial charge in [0.25, 0.3) is 0 Å². The number of aliphatic hydroxyl groups excluding tert-OH is 1. The van der Waals surface area contributed by atoms with Crippen molar-refractivity contribution in [1.29, 1.82) is 0 Å². The van der Waals surface area contributed by atoms with Crippen molar-refractivity contribution in [3.8, 4) is 0 Å². The van der Waals surface area contributed by atoms with Crippen LogP contribution in [0.15, 0.2) is 30.3 Å². The number of aliphatic hydroxyl groups is 1. The molecule has 0 radical (unpaired) electrons. The maximum Gasteiger partial charge on any atom is 0.338 e. The lowest BCUT2D eigenvalue weighted by atomic mass is 10.1. The molecular formula is C15H20O4Si. The molecule has 2 saturated heterocycles. The molecule has 0 spiro atoms. The second-order valence-corrected chi connectivity index (χ2v) is 11.1. The predicted octanol–water partition coefficient (Wildman–Crippen LogP) is 1.05. The third kappa shape index (κ3) is 2.41. The number of fused-ring (bicyclic) bond motifs is 1. The second kappa shape index (κ2) is 4.98. The van der Waals surface area contributed by atoms with Crippen LogP contribution in [0.2, 0.25) is 19.1 Å². The molecule has 4 atom stereocenters. The number of ether oxygens (including phenoxy) is 2. The minimum atomic E-state index is -1.58. The monoisotopic (exact) mass is 292 g/mol. The zero-order chi connectivity index (χ0) is 14.3. The van der Waals surface area contributed by atoms with Crippen molar-refractivity contribution < 1.29 is 19.4 Å². The molecule has 2 fully saturated rings. The molecular weight excluding hydrogens is 272 g/mol. The first kappa shape index (κ1) is 13.8. The minimum Gasteiger partial charge on any atom is -0.457 e. The van der Waals surface area contributed by atoms with Gasteiger partial charge in [0.05, 0.1) is 14.2 Å². The Morgan fingerprint density at radius 1 is 1.30 bits per heavy atom. The summed E-state index contributed by atoms with van der Waals surface area (Å²) in [5, 5.41) is 11.1. The van der Waals surface area contributed by atoms with Crippen LogP contribution in [-0.2, 0) is 14.3 Å². The van der Waals surface area contributed by atoms with Crippen molar-refractivity contribution in [3.05, 3.63) is 30.3 Å². The van der Waals surface area contributed by atoms with Crippen molar-refractivity contribution in [3.63, 3.8) is 0 Å². The van der Waals surface area contributed by atoms with Crippen LogP contribution >= 0.6 is 0 Å². The van der Waals surface area contributed by atoms with Gasteiger partial charge in [-0.3, -0.25) is 0 Å². The van der Waals surface area contributed by atoms with Gasteiger partial charge in [-0.15, -0.1) is 0 Å². The molecule has 1 aromatic carbocycles. The SMILES string of the molecule is C[Si](C)(C[C@@H]1C[C@@H]2OC(=O)[C@@H](O)[C@@H]2O1)c1ccccc1. The molecule has 1 aromatic rings. The standard InChI is InChI=1S/C15H20O4Si/c1-20(2,11-6-4-3-5-7-11)9-10-8-12-14(18-10)13(16)15(17)19-12/h3-7,10,12-14,16H,8-9H2,1-2H3/t10-,12-,13-,14+/m0/s1. The van der Waals surface area contributed by atoms with Crippen LogP contribution in [0.1, 0.15) is 6.42 Å². The van der Waals surface area contributed by atoms with Gasteiger partial charge >= 0.3 is 5.97 Å². The quantitative estimate of drug-likeness (QED) is 0.668. The zero-order valence-corrected chi connectivity index (χ0v) is 12.8. The number of esters is 1. The lowest BCUT2D eigenvalue weighted by molar-refractivity contribution is -0.148. The molecule has 0 saturated carbocycles. The van der Waals surface area contributed by atoms with Gasteiger partial charge in [-0.2, -0.15) is 0 Å². The van der Waals surface area contributed by atoms with Crippen molar-refractivity contribution >= 4 is 19.2 Å². The summed E-state index contributed by atoms with van der Waals surface area (Å²) in [5.41, 5.74) is 0. The Morgan fingerprint density at radius 3 is 2.65 bits per heavy atom. The lowest BCUT2D eigenvalue weighted by Gasteiger charge is -2.26. The Hall–Kier alpha value is -1.17. The highest BCUT2D eigenvalue weighted by atomic mass is 28.3. The summed E-state index contributed by atoms with van der Waals surface area (Å²) in [7, 11) is -1.58. The average molecular weight is 292 g/mol. The van der Waals surface area contributed by atoms with E-state index < -0.39 is 26.3 Å². The average Bonchev–Trinajstić information content (AvgIpc) is 2.90. The molecule has 4 nitrogen and oxygen atoms in total. The van der Waals surface area contributed by atoms with Gasteiger partial charge in [-0.25, -0.2) is 4.79 Å². The van der Waals surface area contributed by atoms with E-state index in [2.05, 4.69) is 37.4 Å². The molecule has 2 aliphatic rings. The van der Waals surface area contributed by atoms with Crippen LogP contribution in [0, 0.1) is 0 Å². The van der Waals surface area contributed by atoms with Gasteiger partial charge in [0, 0.05) is 6.42 Å². The second-order valence-electron chi connectivity index (χ2n) is 6.33. The van der Waals surface area contributed by atoms with Crippen molar-refractivity contribution in [2.45, 2.75) is 50.0 Å². The lowest BCUT2D eigenvalue weighted by Crippen LogP contribution is -2.44. The smallest absolute Gasteiger partial charge is 0.338 e. The summed E-state index contributed by atoms with van der Waals surface area (Å²) in [6, 6.07) is 11.5. The molecule has 1 N–H and O–H groups in total. The molecule has 0 unspecified atom stereocenters. The fourth-order valence-electron chi connectivity index (χ4n) is 3.21. The third-order valence-electron chi connectivity index (χ3n) is 4.32. The Kier molecular flexibility index (Phi) is 3.44. The van der Waals surface area contributed by atoms with Crippen LogP contribution in [0.4, 0.5) is 0 Å². The van der Waals surface area contributed by atoms with E-state index >= 15 is 0 Å². The first-order chi connectivity index (χ1) is 9.47. The van der Waals surface area contributed by atoms with E-state index in [9.17, 15) is 9.90 Å². The Labute approximate surface area is 119 Å². The minimum absolute atomic E-state index is 0.0784. The van der Waals surface area contributed by atoms with E-state index in [4.69, 9.17) is 9.47 Å². The van der Waals surface area contributed by atoms with Crippen LogP contribution < -0.4 is 5.19 Å². The highest BCUT2D eigenvalue weighted by Gasteiger charge is 2.51. The van der Waals surface area contributed by atoms with Crippen molar-refractivity contribution in [2.24, 2.45) is 0 Å². The normalized spacial score (nSPS) is 33.0. The van der Waals surface area contributed by atoms with Gasteiger partial charge in [0.1, 0.15) is 12.2 Å². The molecule has 0 bridgehead atoms. The summed E-state index contributed by atoms with van der Waals surface area (Å²) in [4.78, 5) is 11.3. The van der Waals surface area contributed by atoms with E-state index in [-0.39, 0.29) is 12.2 Å². The van der Waals surface area contributed by atoms with Crippen LogP contribution in [0.3, 0.4) is 0 Å². The maximum atomic E-state index is 11.3. The highest BCUT2D eigenvalue weighted by molar-refractivity contribution is 6.89. The first-order valence-corrected chi connectivity index (χ1v) is 10.3. The number of carbonyl (C=O) groups is 1. The van der Waals surface area contributed by atoms with Gasteiger partial charge < -0.3 is 14.6 Å². The summed E-state index contributed by atoms with van der Waals surface area (Å²) >= 11 is 0. The van der Waals surface area contributed by atoms with E-state index in [0.29, 0.717) is 6.42 Å². The Balaban J connectivity index is 1.67. The molecule has 5 heteroatoms. The van der Waals surface area contributed by atoms with E-state index in [1.165, 1.54) is 5.19 Å². The third-order valence-corrected chi connectivity index (χ3v) is 7.70. The Morgan fingerprint density at radius 2 is 2.00 bits per heavy atom. The molecule has 0 amide bonds. The summed E-state index contributed by atoms with van der Waals surface area (Å²) in [6.45, 7) is 4.64. The molecule has 20 heavy (non-hydrogen) atoms. The molecule has 108 valence electrons. The molecule has 2 aliphatic heterocycles. The predicted molar refractivity (Wildman–Crippen MR) is 77.5 cm³/mol. The fraction of sp³-hybridized carbons (Fsp3) is 0.533. The zero-order valence-electron chi connectivity index (χ0n) is 11.8. The largest absolute Gasteiger partial charge is 0.457 e. The van der Waals surface area contributed by atoms with Gasteiger partial charge in [0.15, 0.2) is 6.10 Å². The molecule has 0 aliphatic carbocycles. The number of rotatable bonds is 3. The molecule has 3 rings (SSSR count). The van der Waals surface area contributed by atoms with Gasteiger partial charge in [-0.05, 0) is 6.04 Å². The molecule has 2 heterocycles. The topological polar surface area (TPSA) is 55.8 Å². The maximum absolute atomic E-state index is 11.3. The number of hydrogen-bond donors (Lipinski definition) is 1. The number of carbonyl (C=O) groups excluding carboxylic acids is 1. The summed E-state index contributed by atoms with van der Waals surface area (Å²) in [6.07, 6.45) is -1.05. The van der Waals surface area contributed by atoms with Gasteiger partial charge in [-0.1, -0.05) is 48.6 Å². The highest BCUT2D eigenvalue weighted by Crippen LogP contribution is 2.34. The van der Waals surface area contributed by atoms with E-state index in [0.717, 1.165) is 6.04 Å². The van der Waals surface area contributed by atoms with Crippen LogP contribution in [0.5, 0.6) is 0 Å². The van der Waals surface area contributed by atoms with E-state index in [1.54, 1.807) is 0 Å². The summed E-state index contributed by atoms with van der Waals surface area (Å²) in [5.74, 6) is -0.544. The number of benzene rings is 1. The fourth-order valence-corrected chi connectivity index (χ4v) is 5.94. The van der Waals surface area contributed by atoms with Crippen molar-refractivity contribution in [1.82, 2.24) is 0 Å². The summed E-state index contributed by atoms with van der Waals surface area (Å²) < 4.78 is 11.0. The number of hydrogen-bond acceptors (Lipinski definition) is 4. The van der Waals surface area contributed by atoms with Gasteiger partial charge in [0.2, 0.25) is 0 Å². The molecule has 0 aromatic heterocycles. The van der Waals surface area contributed by atoms with Crippen LogP contribution in [-0.4, -0.2) is 43.6 Å². The van der Waals surface area contributed by atoms with E-state index in [1.807, 2.05) is 6.07 Å². The van der Waals surface area contributed by atoms with Crippen LogP contribution in [0.25, 0.3) is 0 Å². The Bertz CT molecular complexity index is 502.